The molecular formula is C6H8N2O2S. The van der Waals surface area contributed by atoms with Crippen molar-refractivity contribution < 1.29 is 8.76 Å². The van der Waals surface area contributed by atoms with Gasteiger partial charge in [-0.15, -0.1) is 0 Å². The zero-order valence-corrected chi connectivity index (χ0v) is 6.78. The van der Waals surface area contributed by atoms with Crippen molar-refractivity contribution in [2.75, 3.05) is 11.4 Å². The summed E-state index contributed by atoms with van der Waals surface area (Å²) in [4.78, 5) is 3.87. The molecule has 0 saturated heterocycles. The summed E-state index contributed by atoms with van der Waals surface area (Å²) in [6.45, 7) is 0. The van der Waals surface area contributed by atoms with Crippen LogP contribution in [0.4, 0.5) is 5.82 Å². The van der Waals surface area contributed by atoms with Crippen molar-refractivity contribution in [3.05, 3.63) is 24.4 Å². The summed E-state index contributed by atoms with van der Waals surface area (Å²) < 4.78 is 20.3. The van der Waals surface area contributed by atoms with E-state index in [1.54, 1.807) is 24.4 Å². The van der Waals surface area contributed by atoms with E-state index < -0.39 is 11.3 Å². The second-order valence-corrected chi connectivity index (χ2v) is 2.93. The van der Waals surface area contributed by atoms with Crippen molar-refractivity contribution in [3.8, 4) is 0 Å². The van der Waals surface area contributed by atoms with Crippen molar-refractivity contribution in [1.29, 1.82) is 0 Å². The van der Waals surface area contributed by atoms with Crippen LogP contribution in [0.5, 0.6) is 0 Å². The summed E-state index contributed by atoms with van der Waals surface area (Å²) in [6, 6.07) is 5.16. The van der Waals surface area contributed by atoms with Crippen LogP contribution >= 0.6 is 0 Å². The Hall–Kier alpha value is -0.940. The maximum absolute atomic E-state index is 10.5. The Labute approximate surface area is 67.3 Å². The van der Waals surface area contributed by atoms with Crippen LogP contribution in [0.3, 0.4) is 0 Å². The number of nitrogens with zero attached hydrogens (tertiary/aromatic N) is 2. The van der Waals surface area contributed by atoms with E-state index in [9.17, 15) is 4.21 Å². The summed E-state index contributed by atoms with van der Waals surface area (Å²) in [6.07, 6.45) is 1.57. The fourth-order valence-electron chi connectivity index (χ4n) is 0.620. The number of anilines is 1. The average Bonchev–Trinajstić information content (AvgIpc) is 2.05. The van der Waals surface area contributed by atoms with Gasteiger partial charge < -0.3 is 0 Å². The zero-order chi connectivity index (χ0) is 8.27. The Morgan fingerprint density at radius 2 is 2.36 bits per heavy atom. The second-order valence-electron chi connectivity index (χ2n) is 1.92. The summed E-state index contributed by atoms with van der Waals surface area (Å²) >= 11 is -1.99. The summed E-state index contributed by atoms with van der Waals surface area (Å²) in [5.41, 5.74) is 0. The van der Waals surface area contributed by atoms with Gasteiger partial charge >= 0.3 is 0 Å². The molecule has 0 aliphatic carbocycles. The lowest BCUT2D eigenvalue weighted by Gasteiger charge is -2.10. The predicted octanol–water partition coefficient (Wildman–Crippen LogP) is 0.654. The first kappa shape index (κ1) is 8.16. The molecule has 0 aliphatic heterocycles. The highest BCUT2D eigenvalue weighted by Gasteiger charge is 2.04. The third kappa shape index (κ3) is 1.99. The van der Waals surface area contributed by atoms with Gasteiger partial charge in [0.25, 0.3) is 11.3 Å². The molecule has 0 radical (unpaired) electrons. The van der Waals surface area contributed by atoms with Gasteiger partial charge in [-0.1, -0.05) is 6.07 Å². The van der Waals surface area contributed by atoms with Gasteiger partial charge in [-0.2, -0.15) is 0 Å². The molecule has 1 aromatic rings. The lowest BCUT2D eigenvalue weighted by atomic mass is 10.5. The molecule has 5 heteroatoms. The summed E-state index contributed by atoms with van der Waals surface area (Å²) in [5.74, 6) is 0.480. The molecule has 0 bridgehead atoms. The number of hydrogen-bond donors (Lipinski definition) is 1. The Morgan fingerprint density at radius 3 is 2.82 bits per heavy atom. The summed E-state index contributed by atoms with van der Waals surface area (Å²) in [7, 11) is 1.50. The third-order valence-electron chi connectivity index (χ3n) is 1.21. The molecule has 1 heterocycles. The molecule has 1 rings (SSSR count). The quantitative estimate of drug-likeness (QED) is 0.666. The molecule has 0 spiro atoms. The van der Waals surface area contributed by atoms with Crippen molar-refractivity contribution in [1.82, 2.24) is 4.98 Å². The van der Waals surface area contributed by atoms with Gasteiger partial charge in [0, 0.05) is 13.2 Å². The van der Waals surface area contributed by atoms with Gasteiger partial charge in [0.05, 0.1) is 0 Å². The first-order chi connectivity index (χ1) is 5.22. The molecule has 1 atom stereocenters. The fourth-order valence-corrected chi connectivity index (χ4v) is 0.888. The van der Waals surface area contributed by atoms with Crippen molar-refractivity contribution >= 4 is 17.1 Å². The second kappa shape index (κ2) is 3.45. The van der Waals surface area contributed by atoms with Crippen LogP contribution in [0.25, 0.3) is 0 Å². The van der Waals surface area contributed by atoms with E-state index in [2.05, 4.69) is 4.98 Å². The number of aromatic nitrogens is 1. The third-order valence-corrected chi connectivity index (χ3v) is 1.86. The number of rotatable bonds is 2. The highest BCUT2D eigenvalue weighted by Crippen LogP contribution is 2.06. The standard InChI is InChI=1S/C6H8N2O2S/c1-8(11(9)10)6-4-2-3-5-7-6/h2-5H,1H3,(H,9,10). The van der Waals surface area contributed by atoms with E-state index in [1.807, 2.05) is 0 Å². The molecule has 0 fully saturated rings. The van der Waals surface area contributed by atoms with Crippen LogP contribution in [0.2, 0.25) is 0 Å². The SMILES string of the molecule is CN(c1ccccn1)S(=O)O. The molecule has 0 aliphatic rings. The highest BCUT2D eigenvalue weighted by atomic mass is 32.2. The molecular weight excluding hydrogens is 164 g/mol. The Bertz CT molecular complexity index is 252. The van der Waals surface area contributed by atoms with E-state index in [1.165, 1.54) is 11.4 Å². The maximum atomic E-state index is 10.5. The van der Waals surface area contributed by atoms with Gasteiger partial charge in [0.2, 0.25) is 0 Å². The largest absolute Gasteiger partial charge is 0.289 e. The van der Waals surface area contributed by atoms with Crippen LogP contribution in [0, 0.1) is 0 Å². The van der Waals surface area contributed by atoms with Crippen LogP contribution in [0.1, 0.15) is 0 Å². The topological polar surface area (TPSA) is 53.4 Å². The highest BCUT2D eigenvalue weighted by molar-refractivity contribution is 7.80. The fraction of sp³-hybridized carbons (Fsp3) is 0.167. The van der Waals surface area contributed by atoms with Crippen molar-refractivity contribution in [2.24, 2.45) is 0 Å². The minimum atomic E-state index is -1.99. The maximum Gasteiger partial charge on any atom is 0.262 e. The van der Waals surface area contributed by atoms with Crippen LogP contribution in [-0.4, -0.2) is 20.8 Å². The molecule has 1 unspecified atom stereocenters. The first-order valence-corrected chi connectivity index (χ1v) is 4.04. The summed E-state index contributed by atoms with van der Waals surface area (Å²) in [5, 5.41) is 0. The van der Waals surface area contributed by atoms with E-state index in [0.717, 1.165) is 0 Å². The molecule has 60 valence electrons. The predicted molar refractivity (Wildman–Crippen MR) is 43.4 cm³/mol. The normalized spacial score (nSPS) is 12.5. The lowest BCUT2D eigenvalue weighted by molar-refractivity contribution is 0.562. The van der Waals surface area contributed by atoms with E-state index in [-0.39, 0.29) is 0 Å². The Morgan fingerprint density at radius 1 is 1.64 bits per heavy atom. The molecule has 0 aromatic carbocycles. The van der Waals surface area contributed by atoms with Gasteiger partial charge in [-0.3, -0.25) is 8.86 Å². The smallest absolute Gasteiger partial charge is 0.262 e. The van der Waals surface area contributed by atoms with Gasteiger partial charge in [-0.05, 0) is 12.1 Å². The monoisotopic (exact) mass is 172 g/mol. The van der Waals surface area contributed by atoms with E-state index in [0.29, 0.717) is 5.82 Å². The molecule has 1 N–H and O–H groups in total. The molecule has 0 saturated carbocycles. The van der Waals surface area contributed by atoms with Crippen molar-refractivity contribution in [3.63, 3.8) is 0 Å². The Balaban J connectivity index is 2.85. The van der Waals surface area contributed by atoms with Crippen LogP contribution in [0.15, 0.2) is 24.4 Å². The minimum absolute atomic E-state index is 0.480. The van der Waals surface area contributed by atoms with Crippen molar-refractivity contribution in [2.45, 2.75) is 0 Å². The number of hydrogen-bond acceptors (Lipinski definition) is 2. The molecule has 0 amide bonds. The van der Waals surface area contributed by atoms with Crippen LogP contribution in [-0.2, 0) is 11.3 Å². The Kier molecular flexibility index (Phi) is 2.56. The van der Waals surface area contributed by atoms with Gasteiger partial charge in [0.15, 0.2) is 0 Å². The number of pyridine rings is 1. The van der Waals surface area contributed by atoms with Gasteiger partial charge in [-0.25, -0.2) is 9.19 Å². The average molecular weight is 172 g/mol. The van der Waals surface area contributed by atoms with E-state index in [4.69, 9.17) is 4.55 Å². The van der Waals surface area contributed by atoms with E-state index >= 15 is 0 Å². The lowest BCUT2D eigenvalue weighted by Crippen LogP contribution is -2.19. The zero-order valence-electron chi connectivity index (χ0n) is 5.97. The minimum Gasteiger partial charge on any atom is -0.289 e. The molecule has 4 nitrogen and oxygen atoms in total. The molecule has 11 heavy (non-hydrogen) atoms. The van der Waals surface area contributed by atoms with Crippen LogP contribution < -0.4 is 4.31 Å². The first-order valence-electron chi connectivity index (χ1n) is 2.97. The molecule has 1 aromatic heterocycles. The van der Waals surface area contributed by atoms with Gasteiger partial charge in [0.1, 0.15) is 5.82 Å².